The van der Waals surface area contributed by atoms with E-state index < -0.39 is 0 Å². The summed E-state index contributed by atoms with van der Waals surface area (Å²) in [4.78, 5) is 6.38. The molecular weight excluding hydrogens is 232 g/mol. The van der Waals surface area contributed by atoms with E-state index >= 15 is 0 Å². The second-order valence-electron chi connectivity index (χ2n) is 4.41. The summed E-state index contributed by atoms with van der Waals surface area (Å²) in [7, 11) is 0. The molecule has 0 atom stereocenters. The molecule has 0 saturated heterocycles. The van der Waals surface area contributed by atoms with Crippen LogP contribution >= 0.6 is 0 Å². The lowest BCUT2D eigenvalue weighted by molar-refractivity contribution is 0.317. The van der Waals surface area contributed by atoms with Gasteiger partial charge in [-0.25, -0.2) is 4.98 Å². The highest BCUT2D eigenvalue weighted by atomic mass is 16.4. The summed E-state index contributed by atoms with van der Waals surface area (Å²) >= 11 is 0. The SMILES string of the molecule is Cc1nnc(N(CCC(N)=NO)C(C)C)nc1C. The van der Waals surface area contributed by atoms with E-state index in [0.717, 1.165) is 11.4 Å². The highest BCUT2D eigenvalue weighted by Gasteiger charge is 2.15. The molecule has 0 fully saturated rings. The van der Waals surface area contributed by atoms with Gasteiger partial charge in [0.05, 0.1) is 11.4 Å². The van der Waals surface area contributed by atoms with Gasteiger partial charge < -0.3 is 15.8 Å². The van der Waals surface area contributed by atoms with Crippen LogP contribution in [0.5, 0.6) is 0 Å². The van der Waals surface area contributed by atoms with Crippen molar-refractivity contribution in [1.29, 1.82) is 0 Å². The molecule has 100 valence electrons. The van der Waals surface area contributed by atoms with Gasteiger partial charge in [-0.2, -0.15) is 5.10 Å². The predicted octanol–water partition coefficient (Wildman–Crippen LogP) is 0.840. The Labute approximate surface area is 107 Å². The molecule has 1 heterocycles. The average Bonchev–Trinajstić information content (AvgIpc) is 2.33. The first kappa shape index (κ1) is 14.1. The van der Waals surface area contributed by atoms with Crippen LogP contribution in [0.1, 0.15) is 31.7 Å². The number of nitrogens with zero attached hydrogens (tertiary/aromatic N) is 5. The Bertz CT molecular complexity index is 432. The predicted molar refractivity (Wildman–Crippen MR) is 69.8 cm³/mol. The Kier molecular flexibility index (Phi) is 4.82. The molecular formula is C11H20N6O. The topological polar surface area (TPSA) is 101 Å². The Morgan fingerprint density at radius 2 is 2.00 bits per heavy atom. The second kappa shape index (κ2) is 6.13. The summed E-state index contributed by atoms with van der Waals surface area (Å²) in [6.45, 7) is 8.41. The molecule has 7 nitrogen and oxygen atoms in total. The quantitative estimate of drug-likeness (QED) is 0.348. The molecule has 0 aromatic carbocycles. The molecule has 0 radical (unpaired) electrons. The van der Waals surface area contributed by atoms with Gasteiger partial charge in [0.1, 0.15) is 5.84 Å². The van der Waals surface area contributed by atoms with Crippen molar-refractivity contribution >= 4 is 11.8 Å². The van der Waals surface area contributed by atoms with Crippen LogP contribution in [0.2, 0.25) is 0 Å². The van der Waals surface area contributed by atoms with Gasteiger partial charge in [0.25, 0.3) is 0 Å². The lowest BCUT2D eigenvalue weighted by Gasteiger charge is -2.26. The van der Waals surface area contributed by atoms with Gasteiger partial charge >= 0.3 is 0 Å². The first-order valence-corrected chi connectivity index (χ1v) is 5.86. The summed E-state index contributed by atoms with van der Waals surface area (Å²) in [5, 5.41) is 19.6. The minimum Gasteiger partial charge on any atom is -0.409 e. The van der Waals surface area contributed by atoms with Gasteiger partial charge in [-0.05, 0) is 27.7 Å². The molecule has 0 aliphatic rings. The number of amidine groups is 1. The van der Waals surface area contributed by atoms with E-state index in [1.807, 2.05) is 32.6 Å². The minimum atomic E-state index is 0.192. The Morgan fingerprint density at radius 3 is 2.50 bits per heavy atom. The fourth-order valence-corrected chi connectivity index (χ4v) is 1.44. The molecule has 0 spiro atoms. The molecule has 0 unspecified atom stereocenters. The van der Waals surface area contributed by atoms with Gasteiger partial charge in [0.15, 0.2) is 0 Å². The number of nitrogens with two attached hydrogens (primary N) is 1. The maximum Gasteiger partial charge on any atom is 0.245 e. The van der Waals surface area contributed by atoms with Crippen molar-refractivity contribution in [2.24, 2.45) is 10.9 Å². The Balaban J connectivity index is 2.87. The molecule has 0 amide bonds. The number of rotatable bonds is 5. The van der Waals surface area contributed by atoms with E-state index in [2.05, 4.69) is 20.3 Å². The van der Waals surface area contributed by atoms with E-state index in [0.29, 0.717) is 18.9 Å². The summed E-state index contributed by atoms with van der Waals surface area (Å²) in [6, 6.07) is 0.209. The standard InChI is InChI=1S/C11H20N6O/c1-7(2)17(6-5-10(12)16-18)11-13-8(3)9(4)14-15-11/h7,18H,5-6H2,1-4H3,(H2,12,16). The zero-order valence-electron chi connectivity index (χ0n) is 11.3. The second-order valence-corrected chi connectivity index (χ2v) is 4.41. The van der Waals surface area contributed by atoms with Crippen molar-refractivity contribution in [3.8, 4) is 0 Å². The van der Waals surface area contributed by atoms with Crippen LogP contribution in [0.15, 0.2) is 5.16 Å². The van der Waals surface area contributed by atoms with Crippen molar-refractivity contribution in [2.75, 3.05) is 11.4 Å². The lowest BCUT2D eigenvalue weighted by atomic mass is 10.3. The zero-order valence-corrected chi connectivity index (χ0v) is 11.3. The number of oxime groups is 1. The van der Waals surface area contributed by atoms with Gasteiger partial charge in [-0.1, -0.05) is 5.16 Å². The molecule has 18 heavy (non-hydrogen) atoms. The molecule has 1 aromatic rings. The number of hydrogen-bond donors (Lipinski definition) is 2. The maximum absolute atomic E-state index is 8.54. The van der Waals surface area contributed by atoms with Gasteiger partial charge in [0.2, 0.25) is 5.95 Å². The van der Waals surface area contributed by atoms with Crippen LogP contribution in [-0.4, -0.2) is 38.8 Å². The van der Waals surface area contributed by atoms with Crippen molar-refractivity contribution in [3.05, 3.63) is 11.4 Å². The number of hydrogen-bond acceptors (Lipinski definition) is 6. The van der Waals surface area contributed by atoms with Crippen molar-refractivity contribution in [1.82, 2.24) is 15.2 Å². The van der Waals surface area contributed by atoms with E-state index in [4.69, 9.17) is 10.9 Å². The first-order valence-electron chi connectivity index (χ1n) is 5.86. The Hall–Kier alpha value is -1.92. The highest BCUT2D eigenvalue weighted by molar-refractivity contribution is 5.80. The molecule has 1 rings (SSSR count). The molecule has 0 saturated carbocycles. The normalized spacial score (nSPS) is 11.9. The fourth-order valence-electron chi connectivity index (χ4n) is 1.44. The van der Waals surface area contributed by atoms with Crippen LogP contribution in [0, 0.1) is 13.8 Å². The first-order chi connectivity index (χ1) is 8.45. The molecule has 0 bridgehead atoms. The average molecular weight is 252 g/mol. The van der Waals surface area contributed by atoms with Gasteiger partial charge in [0, 0.05) is 19.0 Å². The number of aryl methyl sites for hydroxylation is 2. The van der Waals surface area contributed by atoms with Crippen LogP contribution in [-0.2, 0) is 0 Å². The molecule has 0 aliphatic heterocycles. The van der Waals surface area contributed by atoms with E-state index in [9.17, 15) is 0 Å². The molecule has 1 aromatic heterocycles. The van der Waals surface area contributed by atoms with Gasteiger partial charge in [-0.15, -0.1) is 5.10 Å². The molecule has 7 heteroatoms. The Morgan fingerprint density at radius 1 is 1.33 bits per heavy atom. The van der Waals surface area contributed by atoms with Crippen LogP contribution in [0.3, 0.4) is 0 Å². The van der Waals surface area contributed by atoms with Crippen molar-refractivity contribution in [2.45, 2.75) is 40.2 Å². The van der Waals surface area contributed by atoms with E-state index in [1.165, 1.54) is 0 Å². The number of aromatic nitrogens is 3. The minimum absolute atomic E-state index is 0.192. The number of anilines is 1. The third kappa shape index (κ3) is 3.54. The summed E-state index contributed by atoms with van der Waals surface area (Å²) in [6.07, 6.45) is 0.449. The highest BCUT2D eigenvalue weighted by Crippen LogP contribution is 2.12. The lowest BCUT2D eigenvalue weighted by Crippen LogP contribution is -2.35. The van der Waals surface area contributed by atoms with Gasteiger partial charge in [-0.3, -0.25) is 0 Å². The van der Waals surface area contributed by atoms with Crippen molar-refractivity contribution < 1.29 is 5.21 Å². The summed E-state index contributed by atoms with van der Waals surface area (Å²) in [5.41, 5.74) is 7.14. The van der Waals surface area contributed by atoms with Crippen LogP contribution in [0.25, 0.3) is 0 Å². The van der Waals surface area contributed by atoms with Crippen LogP contribution < -0.4 is 10.6 Å². The largest absolute Gasteiger partial charge is 0.409 e. The third-order valence-corrected chi connectivity index (χ3v) is 2.70. The molecule has 0 aliphatic carbocycles. The van der Waals surface area contributed by atoms with E-state index in [1.54, 1.807) is 0 Å². The zero-order chi connectivity index (χ0) is 13.7. The van der Waals surface area contributed by atoms with Crippen LogP contribution in [0.4, 0.5) is 5.95 Å². The smallest absolute Gasteiger partial charge is 0.245 e. The fraction of sp³-hybridized carbons (Fsp3) is 0.636. The summed E-state index contributed by atoms with van der Waals surface area (Å²) in [5.74, 6) is 0.760. The van der Waals surface area contributed by atoms with E-state index in [-0.39, 0.29) is 11.9 Å². The maximum atomic E-state index is 8.54. The monoisotopic (exact) mass is 252 g/mol. The molecule has 3 N–H and O–H groups in total. The van der Waals surface area contributed by atoms with Crippen molar-refractivity contribution in [3.63, 3.8) is 0 Å². The third-order valence-electron chi connectivity index (χ3n) is 2.70. The summed E-state index contributed by atoms with van der Waals surface area (Å²) < 4.78 is 0.